The Bertz CT molecular complexity index is 1190. The summed E-state index contributed by atoms with van der Waals surface area (Å²) in [5.74, 6) is -1.16. The number of nitrogens with one attached hydrogen (secondary N) is 2. The summed E-state index contributed by atoms with van der Waals surface area (Å²) in [5.41, 5.74) is 6.07. The number of rotatable bonds is 16. The fraction of sp³-hybridized carbons (Fsp3) is 0.684. The van der Waals surface area contributed by atoms with Crippen molar-refractivity contribution in [1.82, 2.24) is 15.5 Å². The molecule has 4 N–H and O–H groups in total. The van der Waals surface area contributed by atoms with Crippen LogP contribution in [0, 0.1) is 11.8 Å². The molecule has 1 saturated heterocycles. The molecule has 10 heteroatoms. The number of esters is 1. The van der Waals surface area contributed by atoms with Crippen LogP contribution in [0.3, 0.4) is 0 Å². The highest BCUT2D eigenvalue weighted by molar-refractivity contribution is 5.92. The quantitative estimate of drug-likeness (QED) is 0.115. The first-order chi connectivity index (χ1) is 22.9. The number of benzene rings is 1. The maximum atomic E-state index is 14.3. The van der Waals surface area contributed by atoms with E-state index in [-0.39, 0.29) is 29.9 Å². The average Bonchev–Trinajstić information content (AvgIpc) is 3.52. The zero-order chi connectivity index (χ0) is 35.1. The Morgan fingerprint density at radius 2 is 1.67 bits per heavy atom. The highest BCUT2D eigenvalue weighted by Crippen LogP contribution is 2.25. The van der Waals surface area contributed by atoms with Gasteiger partial charge in [-0.1, -0.05) is 62.8 Å². The van der Waals surface area contributed by atoms with Gasteiger partial charge < -0.3 is 30.7 Å². The largest absolute Gasteiger partial charge is 0.461 e. The topological polar surface area (TPSA) is 140 Å². The lowest BCUT2D eigenvalue weighted by Crippen LogP contribution is -2.52. The van der Waals surface area contributed by atoms with Crippen LogP contribution in [0.1, 0.15) is 111 Å². The van der Waals surface area contributed by atoms with Gasteiger partial charge in [0.15, 0.2) is 0 Å². The summed E-state index contributed by atoms with van der Waals surface area (Å²) in [6.45, 7) is 10.6. The molecule has 3 rings (SSSR count). The van der Waals surface area contributed by atoms with E-state index in [1.54, 1.807) is 4.90 Å². The van der Waals surface area contributed by atoms with E-state index in [0.717, 1.165) is 44.1 Å². The third kappa shape index (κ3) is 13.6. The van der Waals surface area contributed by atoms with Gasteiger partial charge in [-0.3, -0.25) is 9.59 Å². The van der Waals surface area contributed by atoms with Crippen molar-refractivity contribution < 1.29 is 28.7 Å². The Morgan fingerprint density at radius 3 is 2.31 bits per heavy atom. The van der Waals surface area contributed by atoms with Gasteiger partial charge in [0.05, 0.1) is 12.0 Å². The van der Waals surface area contributed by atoms with E-state index < -0.39 is 35.7 Å². The molecule has 0 bridgehead atoms. The minimum atomic E-state index is -0.778. The first-order valence-electron chi connectivity index (χ1n) is 18.1. The second-order valence-corrected chi connectivity index (χ2v) is 14.8. The number of nitrogens with two attached hydrogens (primary N) is 1. The van der Waals surface area contributed by atoms with Gasteiger partial charge in [0, 0.05) is 6.54 Å². The molecule has 1 aromatic rings. The maximum absolute atomic E-state index is 14.3. The Morgan fingerprint density at radius 1 is 0.958 bits per heavy atom. The molecule has 1 aliphatic carbocycles. The van der Waals surface area contributed by atoms with Crippen LogP contribution >= 0.6 is 0 Å². The molecule has 0 unspecified atom stereocenters. The molecular formula is C38H60N4O6. The normalized spacial score (nSPS) is 19.1. The van der Waals surface area contributed by atoms with Gasteiger partial charge in [-0.2, -0.15) is 0 Å². The molecule has 1 saturated carbocycles. The van der Waals surface area contributed by atoms with Crippen molar-refractivity contribution in [2.24, 2.45) is 17.6 Å². The number of unbranched alkanes of at least 4 members (excludes halogenated alkanes) is 1. The van der Waals surface area contributed by atoms with E-state index in [4.69, 9.17) is 15.2 Å². The van der Waals surface area contributed by atoms with Crippen molar-refractivity contribution in [3.8, 4) is 0 Å². The Kier molecular flexibility index (Phi) is 15.9. The lowest BCUT2D eigenvalue weighted by Gasteiger charge is -2.30. The summed E-state index contributed by atoms with van der Waals surface area (Å²) < 4.78 is 11.3. The van der Waals surface area contributed by atoms with Gasteiger partial charge in [-0.15, -0.1) is 0 Å². The number of alkyl carbamates (subject to hydrolysis) is 1. The Hall–Kier alpha value is -3.40. The predicted molar refractivity (Wildman–Crippen MR) is 188 cm³/mol. The average molecular weight is 669 g/mol. The van der Waals surface area contributed by atoms with Gasteiger partial charge in [-0.05, 0) is 109 Å². The van der Waals surface area contributed by atoms with E-state index in [1.807, 2.05) is 63.3 Å². The van der Waals surface area contributed by atoms with Crippen molar-refractivity contribution in [2.75, 3.05) is 13.1 Å². The SMILES string of the molecule is CC(C)C[C@@H](/C=C/[C@H](Cc1ccccc1)C(=O)N1CCC[C@H]1C(=O)N[C@@H](CCCCN)C(=O)OC1CCCCC1)NC(=O)OC(C)(C)C. The van der Waals surface area contributed by atoms with Crippen LogP contribution in [0.15, 0.2) is 42.5 Å². The minimum Gasteiger partial charge on any atom is -0.461 e. The van der Waals surface area contributed by atoms with Crippen molar-refractivity contribution in [1.29, 1.82) is 0 Å². The standard InChI is InChI=1S/C38H60N4O6/c1-27(2)25-30(40-37(46)48-38(3,4)5)22-21-29(26-28-15-8-6-9-16-28)35(44)42-24-14-20-33(42)34(43)41-32(19-12-13-23-39)36(45)47-31-17-10-7-11-18-31/h6,8-9,15-16,21-22,27,29-33H,7,10-14,17-20,23-26,39H2,1-5H3,(H,40,46)(H,41,43)/b22-21+/t29-,30-,32+,33+/m1/s1. The van der Waals surface area contributed by atoms with Gasteiger partial charge in [0.1, 0.15) is 23.8 Å². The van der Waals surface area contributed by atoms with Gasteiger partial charge >= 0.3 is 12.1 Å². The molecule has 0 radical (unpaired) electrons. The second kappa shape index (κ2) is 19.6. The van der Waals surface area contributed by atoms with Crippen molar-refractivity contribution in [3.63, 3.8) is 0 Å². The summed E-state index contributed by atoms with van der Waals surface area (Å²) in [5, 5.41) is 5.92. The highest BCUT2D eigenvalue weighted by Gasteiger charge is 2.38. The van der Waals surface area contributed by atoms with Gasteiger partial charge in [0.2, 0.25) is 11.8 Å². The van der Waals surface area contributed by atoms with Crippen LogP contribution in [-0.4, -0.2) is 71.7 Å². The molecule has 2 aliphatic rings. The molecule has 0 aromatic heterocycles. The summed E-state index contributed by atoms with van der Waals surface area (Å²) in [6.07, 6.45) is 12.2. The molecule has 4 atom stereocenters. The zero-order valence-corrected chi connectivity index (χ0v) is 29.9. The predicted octanol–water partition coefficient (Wildman–Crippen LogP) is 5.82. The maximum Gasteiger partial charge on any atom is 0.408 e. The number of amides is 3. The van der Waals surface area contributed by atoms with E-state index in [2.05, 4.69) is 24.5 Å². The smallest absolute Gasteiger partial charge is 0.408 e. The molecular weight excluding hydrogens is 608 g/mol. The van der Waals surface area contributed by atoms with Crippen molar-refractivity contribution in [3.05, 3.63) is 48.0 Å². The number of hydrogen-bond acceptors (Lipinski definition) is 7. The molecule has 1 aromatic carbocycles. The first-order valence-corrected chi connectivity index (χ1v) is 18.1. The second-order valence-electron chi connectivity index (χ2n) is 14.8. The number of carbonyl (C=O) groups is 4. The lowest BCUT2D eigenvalue weighted by atomic mass is 9.94. The van der Waals surface area contributed by atoms with Crippen LogP contribution in [0.25, 0.3) is 0 Å². The van der Waals surface area contributed by atoms with E-state index in [0.29, 0.717) is 51.6 Å². The number of ether oxygens (including phenoxy) is 2. The summed E-state index contributed by atoms with van der Waals surface area (Å²) in [6, 6.07) is 7.98. The third-order valence-corrected chi connectivity index (χ3v) is 8.84. The zero-order valence-electron chi connectivity index (χ0n) is 29.9. The van der Waals surface area contributed by atoms with Crippen LogP contribution in [0.5, 0.6) is 0 Å². The third-order valence-electron chi connectivity index (χ3n) is 8.84. The molecule has 10 nitrogen and oxygen atoms in total. The Balaban J connectivity index is 1.79. The van der Waals surface area contributed by atoms with Crippen LogP contribution in [0.4, 0.5) is 4.79 Å². The molecule has 3 amide bonds. The van der Waals surface area contributed by atoms with E-state index in [1.165, 1.54) is 0 Å². The number of hydrogen-bond donors (Lipinski definition) is 3. The fourth-order valence-electron chi connectivity index (χ4n) is 6.48. The summed E-state index contributed by atoms with van der Waals surface area (Å²) >= 11 is 0. The van der Waals surface area contributed by atoms with Crippen LogP contribution in [-0.2, 0) is 30.3 Å². The molecule has 1 heterocycles. The molecule has 1 aliphatic heterocycles. The van der Waals surface area contributed by atoms with E-state index in [9.17, 15) is 19.2 Å². The molecule has 48 heavy (non-hydrogen) atoms. The number of carbonyl (C=O) groups excluding carboxylic acids is 4. The van der Waals surface area contributed by atoms with Crippen molar-refractivity contribution >= 4 is 23.9 Å². The Labute approximate surface area is 287 Å². The fourth-order valence-corrected chi connectivity index (χ4v) is 6.48. The van der Waals surface area contributed by atoms with Crippen LogP contribution in [0.2, 0.25) is 0 Å². The first kappa shape index (κ1) is 39.0. The van der Waals surface area contributed by atoms with Gasteiger partial charge in [-0.25, -0.2) is 9.59 Å². The molecule has 2 fully saturated rings. The summed E-state index contributed by atoms with van der Waals surface area (Å²) in [7, 11) is 0. The van der Waals surface area contributed by atoms with Gasteiger partial charge in [0.25, 0.3) is 0 Å². The summed E-state index contributed by atoms with van der Waals surface area (Å²) in [4.78, 5) is 55.6. The number of nitrogens with zero attached hydrogens (tertiary/aromatic N) is 1. The van der Waals surface area contributed by atoms with E-state index >= 15 is 0 Å². The van der Waals surface area contributed by atoms with Crippen molar-refractivity contribution in [2.45, 2.75) is 141 Å². The molecule has 268 valence electrons. The monoisotopic (exact) mass is 668 g/mol. The highest BCUT2D eigenvalue weighted by atomic mass is 16.6. The molecule has 0 spiro atoms. The lowest BCUT2D eigenvalue weighted by molar-refractivity contribution is -0.155. The van der Waals surface area contributed by atoms with Crippen LogP contribution < -0.4 is 16.4 Å². The minimum absolute atomic E-state index is 0.112. The number of likely N-dealkylation sites (tertiary alicyclic amines) is 1.